The van der Waals surface area contributed by atoms with Gasteiger partial charge < -0.3 is 15.0 Å². The van der Waals surface area contributed by atoms with Crippen LogP contribution in [0.15, 0.2) is 48.7 Å². The predicted octanol–water partition coefficient (Wildman–Crippen LogP) is 2.51. The Labute approximate surface area is 178 Å². The smallest absolute Gasteiger partial charge is 0.272 e. The molecule has 30 heavy (non-hydrogen) atoms. The molecule has 0 bridgehead atoms. The maximum atomic E-state index is 12.7. The molecule has 1 aromatic carbocycles. The minimum atomic E-state index is -0.0905. The van der Waals surface area contributed by atoms with E-state index in [-0.39, 0.29) is 17.9 Å². The third-order valence-corrected chi connectivity index (χ3v) is 5.25. The largest absolute Gasteiger partial charge is 0.494 e. The first-order chi connectivity index (χ1) is 14.6. The van der Waals surface area contributed by atoms with Gasteiger partial charge in [0.15, 0.2) is 0 Å². The Hall–Kier alpha value is -2.93. The maximum Gasteiger partial charge on any atom is 0.272 e. The van der Waals surface area contributed by atoms with Gasteiger partial charge in [-0.1, -0.05) is 31.2 Å². The van der Waals surface area contributed by atoms with Gasteiger partial charge in [-0.2, -0.15) is 0 Å². The van der Waals surface area contributed by atoms with Crippen molar-refractivity contribution in [2.45, 2.75) is 26.3 Å². The topological polar surface area (TPSA) is 74.8 Å². The molecule has 1 atom stereocenters. The first-order valence-electron chi connectivity index (χ1n) is 10.6. The van der Waals surface area contributed by atoms with E-state index in [0.29, 0.717) is 45.0 Å². The number of carbonyl (C=O) groups is 2. The number of para-hydroxylation sites is 1. The normalized spacial score (nSPS) is 15.5. The van der Waals surface area contributed by atoms with Gasteiger partial charge in [-0.05, 0) is 31.5 Å². The molecule has 2 aromatic rings. The highest BCUT2D eigenvalue weighted by Gasteiger charge is 2.25. The van der Waals surface area contributed by atoms with Crippen LogP contribution in [0.1, 0.15) is 42.4 Å². The standard InChI is InChI=1S/C23H30N4O3/c1-3-19(18-9-5-6-11-21(18)30-4-2)25-22(28)17-26-13-15-27(16-14-26)23(29)20-10-7-8-12-24-20/h5-12,19H,3-4,13-17H2,1-2H3,(H,25,28). The number of hydrogen-bond donors (Lipinski definition) is 1. The van der Waals surface area contributed by atoms with E-state index < -0.39 is 0 Å². The van der Waals surface area contributed by atoms with E-state index in [1.54, 1.807) is 23.2 Å². The maximum absolute atomic E-state index is 12.7. The lowest BCUT2D eigenvalue weighted by atomic mass is 10.0. The highest BCUT2D eigenvalue weighted by molar-refractivity contribution is 5.92. The quantitative estimate of drug-likeness (QED) is 0.724. The van der Waals surface area contributed by atoms with Crippen LogP contribution in [-0.2, 0) is 4.79 Å². The first-order valence-corrected chi connectivity index (χ1v) is 10.6. The lowest BCUT2D eigenvalue weighted by Gasteiger charge is -2.34. The van der Waals surface area contributed by atoms with Gasteiger partial charge in [0.25, 0.3) is 5.91 Å². The van der Waals surface area contributed by atoms with Gasteiger partial charge in [0, 0.05) is 37.9 Å². The van der Waals surface area contributed by atoms with E-state index in [1.165, 1.54) is 0 Å². The van der Waals surface area contributed by atoms with Crippen LogP contribution in [0.25, 0.3) is 0 Å². The lowest BCUT2D eigenvalue weighted by Crippen LogP contribution is -2.51. The fourth-order valence-electron chi connectivity index (χ4n) is 3.66. The fourth-order valence-corrected chi connectivity index (χ4v) is 3.66. The molecule has 160 valence electrons. The summed E-state index contributed by atoms with van der Waals surface area (Å²) in [5.74, 6) is 0.740. The molecule has 1 fully saturated rings. The molecular weight excluding hydrogens is 380 g/mol. The monoisotopic (exact) mass is 410 g/mol. The van der Waals surface area contributed by atoms with Crippen molar-refractivity contribution in [2.24, 2.45) is 0 Å². The number of piperazine rings is 1. The van der Waals surface area contributed by atoms with E-state index in [1.807, 2.05) is 37.3 Å². The van der Waals surface area contributed by atoms with E-state index >= 15 is 0 Å². The van der Waals surface area contributed by atoms with E-state index in [4.69, 9.17) is 4.74 Å². The number of pyridine rings is 1. The Morgan fingerprint density at radius 2 is 1.80 bits per heavy atom. The molecule has 3 rings (SSSR count). The molecule has 7 nitrogen and oxygen atoms in total. The number of aromatic nitrogens is 1. The second-order valence-electron chi connectivity index (χ2n) is 7.28. The van der Waals surface area contributed by atoms with Crippen molar-refractivity contribution < 1.29 is 14.3 Å². The van der Waals surface area contributed by atoms with Crippen molar-refractivity contribution >= 4 is 11.8 Å². The van der Waals surface area contributed by atoms with Gasteiger partial charge in [0.05, 0.1) is 19.2 Å². The molecular formula is C23H30N4O3. The molecule has 0 aliphatic carbocycles. The predicted molar refractivity (Wildman–Crippen MR) is 115 cm³/mol. The zero-order valence-electron chi connectivity index (χ0n) is 17.7. The Morgan fingerprint density at radius 3 is 2.47 bits per heavy atom. The Kier molecular flexibility index (Phi) is 7.79. The molecule has 7 heteroatoms. The highest BCUT2D eigenvalue weighted by atomic mass is 16.5. The molecule has 2 amide bonds. The summed E-state index contributed by atoms with van der Waals surface area (Å²) in [5, 5.41) is 3.14. The summed E-state index contributed by atoms with van der Waals surface area (Å²) in [7, 11) is 0. The number of nitrogens with one attached hydrogen (secondary N) is 1. The van der Waals surface area contributed by atoms with Crippen LogP contribution in [0.2, 0.25) is 0 Å². The van der Waals surface area contributed by atoms with Crippen LogP contribution in [0, 0.1) is 0 Å². The number of ether oxygens (including phenoxy) is 1. The molecule has 0 radical (unpaired) electrons. The Morgan fingerprint density at radius 1 is 1.07 bits per heavy atom. The van der Waals surface area contributed by atoms with E-state index in [2.05, 4.69) is 22.1 Å². The summed E-state index contributed by atoms with van der Waals surface area (Å²) in [5.41, 5.74) is 1.46. The number of rotatable bonds is 8. The Balaban J connectivity index is 1.51. The minimum absolute atomic E-state index is 0.0161. The summed E-state index contributed by atoms with van der Waals surface area (Å²) >= 11 is 0. The molecule has 0 spiro atoms. The van der Waals surface area contributed by atoms with Gasteiger partial charge in [0.2, 0.25) is 5.91 Å². The molecule has 1 aliphatic heterocycles. The number of carbonyl (C=O) groups excluding carboxylic acids is 2. The molecule has 1 aromatic heterocycles. The van der Waals surface area contributed by atoms with Crippen LogP contribution in [0.4, 0.5) is 0 Å². The zero-order valence-corrected chi connectivity index (χ0v) is 17.7. The molecule has 1 saturated heterocycles. The van der Waals surface area contributed by atoms with Crippen LogP contribution in [-0.4, -0.2) is 65.9 Å². The first kappa shape index (κ1) is 21.8. The van der Waals surface area contributed by atoms with Gasteiger partial charge in [-0.3, -0.25) is 19.5 Å². The summed E-state index contributed by atoms with van der Waals surface area (Å²) < 4.78 is 5.72. The number of nitrogens with zero attached hydrogens (tertiary/aromatic N) is 3. The van der Waals surface area contributed by atoms with Crippen LogP contribution in [0.5, 0.6) is 5.75 Å². The second kappa shape index (κ2) is 10.7. The average molecular weight is 411 g/mol. The molecule has 0 saturated carbocycles. The van der Waals surface area contributed by atoms with Crippen molar-refractivity contribution in [3.63, 3.8) is 0 Å². The van der Waals surface area contributed by atoms with Crippen LogP contribution < -0.4 is 10.1 Å². The van der Waals surface area contributed by atoms with Crippen LogP contribution >= 0.6 is 0 Å². The number of amides is 2. The van der Waals surface area contributed by atoms with E-state index in [0.717, 1.165) is 17.7 Å². The molecule has 1 aliphatic rings. The summed E-state index contributed by atoms with van der Waals surface area (Å²) in [6, 6.07) is 13.1. The lowest BCUT2D eigenvalue weighted by molar-refractivity contribution is -0.123. The molecule has 1 N–H and O–H groups in total. The Bertz CT molecular complexity index is 835. The highest BCUT2D eigenvalue weighted by Crippen LogP contribution is 2.27. The van der Waals surface area contributed by atoms with Crippen molar-refractivity contribution in [3.8, 4) is 5.75 Å². The minimum Gasteiger partial charge on any atom is -0.494 e. The summed E-state index contributed by atoms with van der Waals surface area (Å²) in [6.07, 6.45) is 2.41. The van der Waals surface area contributed by atoms with Crippen LogP contribution in [0.3, 0.4) is 0 Å². The average Bonchev–Trinajstić information content (AvgIpc) is 2.79. The van der Waals surface area contributed by atoms with Gasteiger partial charge in [0.1, 0.15) is 11.4 Å². The summed E-state index contributed by atoms with van der Waals surface area (Å²) in [4.78, 5) is 33.2. The summed E-state index contributed by atoms with van der Waals surface area (Å²) in [6.45, 7) is 7.42. The zero-order chi connectivity index (χ0) is 21.3. The van der Waals surface area contributed by atoms with E-state index in [9.17, 15) is 9.59 Å². The SMILES string of the molecule is CCOc1ccccc1C(CC)NC(=O)CN1CCN(C(=O)c2ccccn2)CC1. The molecule has 1 unspecified atom stereocenters. The molecule has 2 heterocycles. The van der Waals surface area contributed by atoms with Crippen molar-refractivity contribution in [1.82, 2.24) is 20.1 Å². The van der Waals surface area contributed by atoms with Gasteiger partial charge >= 0.3 is 0 Å². The van der Waals surface area contributed by atoms with Crippen molar-refractivity contribution in [2.75, 3.05) is 39.3 Å². The van der Waals surface area contributed by atoms with Crippen molar-refractivity contribution in [1.29, 1.82) is 0 Å². The third-order valence-electron chi connectivity index (χ3n) is 5.25. The van der Waals surface area contributed by atoms with Gasteiger partial charge in [-0.15, -0.1) is 0 Å². The van der Waals surface area contributed by atoms with Crippen molar-refractivity contribution in [3.05, 3.63) is 59.9 Å². The number of benzene rings is 1. The fraction of sp³-hybridized carbons (Fsp3) is 0.435. The third kappa shape index (κ3) is 5.57. The number of hydrogen-bond acceptors (Lipinski definition) is 5. The van der Waals surface area contributed by atoms with Gasteiger partial charge in [-0.25, -0.2) is 0 Å². The second-order valence-corrected chi connectivity index (χ2v) is 7.28.